The smallest absolute Gasteiger partial charge is 0.321 e. The molecule has 9 nitrogen and oxygen atoms in total. The summed E-state index contributed by atoms with van der Waals surface area (Å²) in [6, 6.07) is 4.55. The topological polar surface area (TPSA) is 102 Å². The number of hydrogen-bond donors (Lipinski definition) is 2. The van der Waals surface area contributed by atoms with Crippen molar-refractivity contribution in [3.63, 3.8) is 0 Å². The molecule has 2 aliphatic rings. The minimum atomic E-state index is -0.343. The summed E-state index contributed by atoms with van der Waals surface area (Å²) in [7, 11) is 1.57. The Morgan fingerprint density at radius 2 is 1.82 bits per heavy atom. The fourth-order valence-corrected chi connectivity index (χ4v) is 3.46. The highest BCUT2D eigenvalue weighted by atomic mass is 16.5. The second-order valence-electron chi connectivity index (χ2n) is 6.85. The molecule has 0 atom stereocenters. The van der Waals surface area contributed by atoms with Gasteiger partial charge >= 0.3 is 6.03 Å². The molecular formula is C19H26N4O5. The van der Waals surface area contributed by atoms with E-state index >= 15 is 0 Å². The van der Waals surface area contributed by atoms with E-state index in [9.17, 15) is 14.4 Å². The summed E-state index contributed by atoms with van der Waals surface area (Å²) in [5, 5.41) is 11.8. The molecule has 1 fully saturated rings. The lowest BCUT2D eigenvalue weighted by Gasteiger charge is -2.34. The number of aliphatic hydroxyl groups is 1. The van der Waals surface area contributed by atoms with Gasteiger partial charge in [0.15, 0.2) is 0 Å². The van der Waals surface area contributed by atoms with E-state index in [2.05, 4.69) is 10.2 Å². The first-order chi connectivity index (χ1) is 13.5. The van der Waals surface area contributed by atoms with Gasteiger partial charge in [-0.3, -0.25) is 19.4 Å². The number of benzene rings is 1. The molecule has 9 heteroatoms. The number of anilines is 1. The van der Waals surface area contributed by atoms with Crippen molar-refractivity contribution in [1.29, 1.82) is 0 Å². The highest BCUT2D eigenvalue weighted by Gasteiger charge is 2.35. The Morgan fingerprint density at radius 3 is 2.50 bits per heavy atom. The number of nitrogens with zero attached hydrogens (tertiary/aromatic N) is 3. The van der Waals surface area contributed by atoms with Crippen molar-refractivity contribution in [1.82, 2.24) is 14.7 Å². The predicted octanol–water partition coefficient (Wildman–Crippen LogP) is 0.461. The maximum absolute atomic E-state index is 12.6. The molecule has 4 amide bonds. The summed E-state index contributed by atoms with van der Waals surface area (Å²) in [4.78, 5) is 42.5. The third kappa shape index (κ3) is 4.32. The number of hydrogen-bond acceptors (Lipinski definition) is 6. The van der Waals surface area contributed by atoms with Crippen LogP contribution in [0.5, 0.6) is 0 Å². The van der Waals surface area contributed by atoms with Crippen molar-refractivity contribution in [3.05, 3.63) is 29.3 Å². The average molecular weight is 390 g/mol. The highest BCUT2D eigenvalue weighted by Crippen LogP contribution is 2.26. The van der Waals surface area contributed by atoms with E-state index in [4.69, 9.17) is 9.84 Å². The third-order valence-corrected chi connectivity index (χ3v) is 5.03. The highest BCUT2D eigenvalue weighted by molar-refractivity contribution is 6.21. The molecule has 152 valence electrons. The average Bonchev–Trinajstić information content (AvgIpc) is 2.93. The summed E-state index contributed by atoms with van der Waals surface area (Å²) < 4.78 is 4.97. The van der Waals surface area contributed by atoms with E-state index in [0.29, 0.717) is 69.1 Å². The van der Waals surface area contributed by atoms with E-state index in [1.54, 1.807) is 30.2 Å². The van der Waals surface area contributed by atoms with Gasteiger partial charge in [-0.1, -0.05) is 0 Å². The Balaban J connectivity index is 1.61. The van der Waals surface area contributed by atoms with Crippen LogP contribution in [-0.4, -0.2) is 97.2 Å². The molecule has 0 spiro atoms. The summed E-state index contributed by atoms with van der Waals surface area (Å²) in [5.41, 5.74) is 1.16. The maximum atomic E-state index is 12.6. The van der Waals surface area contributed by atoms with E-state index in [1.165, 1.54) is 4.90 Å². The van der Waals surface area contributed by atoms with Crippen molar-refractivity contribution in [2.45, 2.75) is 6.42 Å². The normalized spacial score (nSPS) is 17.2. The molecule has 2 aliphatic heterocycles. The Hall–Kier alpha value is -2.49. The number of aliphatic hydroxyl groups excluding tert-OH is 1. The first-order valence-electron chi connectivity index (χ1n) is 9.43. The fourth-order valence-electron chi connectivity index (χ4n) is 3.46. The van der Waals surface area contributed by atoms with Gasteiger partial charge in [0.05, 0.1) is 17.7 Å². The van der Waals surface area contributed by atoms with Crippen LogP contribution >= 0.6 is 0 Å². The molecular weight excluding hydrogens is 364 g/mol. The number of β-amino-alcohol motifs (C(OH)–C–C–N with tert-alkyl or cyclic N) is 1. The van der Waals surface area contributed by atoms with Gasteiger partial charge in [-0.25, -0.2) is 4.79 Å². The van der Waals surface area contributed by atoms with Gasteiger partial charge < -0.3 is 20.1 Å². The molecule has 1 aromatic carbocycles. The van der Waals surface area contributed by atoms with Crippen LogP contribution in [0.3, 0.4) is 0 Å². The summed E-state index contributed by atoms with van der Waals surface area (Å²) in [5.74, 6) is -0.654. The lowest BCUT2D eigenvalue weighted by molar-refractivity contribution is 0.0638. The van der Waals surface area contributed by atoms with E-state index in [-0.39, 0.29) is 24.5 Å². The Bertz CT molecular complexity index is 746. The van der Waals surface area contributed by atoms with Crippen LogP contribution in [0.4, 0.5) is 10.5 Å². The van der Waals surface area contributed by atoms with Gasteiger partial charge in [0.2, 0.25) is 0 Å². The molecule has 0 radical (unpaired) electrons. The lowest BCUT2D eigenvalue weighted by atomic mass is 10.1. The maximum Gasteiger partial charge on any atom is 0.321 e. The number of methoxy groups -OCH3 is 1. The molecule has 1 saturated heterocycles. The summed E-state index contributed by atoms with van der Waals surface area (Å²) >= 11 is 0. The van der Waals surface area contributed by atoms with E-state index in [0.717, 1.165) is 0 Å². The first kappa shape index (κ1) is 20.2. The second-order valence-corrected chi connectivity index (χ2v) is 6.85. The number of urea groups is 1. The quantitative estimate of drug-likeness (QED) is 0.518. The Labute approximate surface area is 163 Å². The number of nitrogens with one attached hydrogen (secondary N) is 1. The van der Waals surface area contributed by atoms with Crippen molar-refractivity contribution in [3.8, 4) is 0 Å². The van der Waals surface area contributed by atoms with Gasteiger partial charge in [0.25, 0.3) is 11.8 Å². The molecule has 0 unspecified atom stereocenters. The van der Waals surface area contributed by atoms with Crippen molar-refractivity contribution in [2.24, 2.45) is 0 Å². The molecule has 2 N–H and O–H groups in total. The zero-order chi connectivity index (χ0) is 20.1. The number of imide groups is 1. The monoisotopic (exact) mass is 390 g/mol. The fraction of sp³-hybridized carbons (Fsp3) is 0.526. The number of rotatable bonds is 7. The first-order valence-corrected chi connectivity index (χ1v) is 9.43. The molecule has 0 aliphatic carbocycles. The van der Waals surface area contributed by atoms with Gasteiger partial charge in [0.1, 0.15) is 0 Å². The number of ether oxygens (including phenoxy) is 1. The number of carbonyl (C=O) groups excluding carboxylic acids is 3. The summed E-state index contributed by atoms with van der Waals surface area (Å²) in [6.07, 6.45) is 0.577. The lowest BCUT2D eigenvalue weighted by Crippen LogP contribution is -2.50. The van der Waals surface area contributed by atoms with Crippen LogP contribution in [0, 0.1) is 0 Å². The number of piperazine rings is 1. The molecule has 0 saturated carbocycles. The van der Waals surface area contributed by atoms with Crippen molar-refractivity contribution >= 4 is 23.5 Å². The van der Waals surface area contributed by atoms with Gasteiger partial charge in [0, 0.05) is 58.7 Å². The Kier molecular flexibility index (Phi) is 6.61. The second kappa shape index (κ2) is 9.13. The zero-order valence-electron chi connectivity index (χ0n) is 16.0. The third-order valence-electron chi connectivity index (χ3n) is 5.03. The zero-order valence-corrected chi connectivity index (χ0v) is 16.0. The molecule has 2 heterocycles. The van der Waals surface area contributed by atoms with Gasteiger partial charge in [-0.15, -0.1) is 0 Å². The van der Waals surface area contributed by atoms with Crippen LogP contribution in [0.25, 0.3) is 0 Å². The van der Waals surface area contributed by atoms with Gasteiger partial charge in [-0.2, -0.15) is 0 Å². The van der Waals surface area contributed by atoms with Crippen LogP contribution in [0.2, 0.25) is 0 Å². The predicted molar refractivity (Wildman–Crippen MR) is 102 cm³/mol. The van der Waals surface area contributed by atoms with E-state index < -0.39 is 0 Å². The Morgan fingerprint density at radius 1 is 1.11 bits per heavy atom. The minimum absolute atomic E-state index is 0.108. The molecule has 28 heavy (non-hydrogen) atoms. The number of amides is 4. The summed E-state index contributed by atoms with van der Waals surface area (Å²) in [6.45, 7) is 4.06. The van der Waals surface area contributed by atoms with Crippen molar-refractivity contribution in [2.75, 3.05) is 64.9 Å². The standard InChI is InChI=1S/C19H26N4O5/c1-28-12-2-5-23-17(25)15-4-3-14(13-16(15)18(23)26)20-19(27)22-8-6-21(7-9-22)10-11-24/h3-4,13,24H,2,5-12H2,1H3,(H,20,27). The van der Waals surface area contributed by atoms with Crippen LogP contribution in [0.15, 0.2) is 18.2 Å². The molecule has 1 aromatic rings. The largest absolute Gasteiger partial charge is 0.395 e. The van der Waals surface area contributed by atoms with Crippen LogP contribution in [0.1, 0.15) is 27.1 Å². The van der Waals surface area contributed by atoms with Crippen LogP contribution < -0.4 is 5.32 Å². The number of fused-ring (bicyclic) bond motifs is 1. The van der Waals surface area contributed by atoms with Gasteiger partial charge in [-0.05, 0) is 24.6 Å². The van der Waals surface area contributed by atoms with Crippen molar-refractivity contribution < 1.29 is 24.2 Å². The minimum Gasteiger partial charge on any atom is -0.395 e. The number of carbonyl (C=O) groups is 3. The molecule has 0 bridgehead atoms. The van der Waals surface area contributed by atoms with Crippen LogP contribution in [-0.2, 0) is 4.74 Å². The SMILES string of the molecule is COCCCN1C(=O)c2ccc(NC(=O)N3CCN(CCO)CC3)cc2C1=O. The molecule has 0 aromatic heterocycles. The van der Waals surface area contributed by atoms with E-state index in [1.807, 2.05) is 0 Å². The molecule has 3 rings (SSSR count).